The monoisotopic (exact) mass is 349 g/mol. The molecule has 3 rings (SSSR count). The Kier molecular flexibility index (Phi) is 5.46. The molecule has 3 nitrogen and oxygen atoms in total. The van der Waals surface area contributed by atoms with Gasteiger partial charge in [-0.25, -0.2) is 0 Å². The summed E-state index contributed by atoms with van der Waals surface area (Å²) in [5, 5.41) is 1.03. The summed E-state index contributed by atoms with van der Waals surface area (Å²) in [5.41, 5.74) is 4.32. The van der Waals surface area contributed by atoms with Gasteiger partial charge in [-0.1, -0.05) is 51.1 Å². The van der Waals surface area contributed by atoms with E-state index in [0.29, 0.717) is 25.5 Å². The van der Waals surface area contributed by atoms with Crippen molar-refractivity contribution in [2.24, 2.45) is 0 Å². The van der Waals surface area contributed by atoms with Gasteiger partial charge in [0.2, 0.25) is 0 Å². The Labute approximate surface area is 155 Å². The van der Waals surface area contributed by atoms with E-state index in [1.165, 1.54) is 11.1 Å². The maximum atomic E-state index is 12.2. The average Bonchev–Trinajstić information content (AvgIpc) is 3.00. The molecule has 0 radical (unpaired) electrons. The Bertz CT molecular complexity index is 921. The van der Waals surface area contributed by atoms with Crippen LogP contribution in [0.3, 0.4) is 0 Å². The number of hydrogen-bond acceptors (Lipinski definition) is 2. The van der Waals surface area contributed by atoms with Gasteiger partial charge in [0, 0.05) is 29.1 Å². The normalized spacial score (nSPS) is 11.3. The molecule has 0 bridgehead atoms. The molecule has 2 aromatic carbocycles. The lowest BCUT2D eigenvalue weighted by Crippen LogP contribution is -2.09. The van der Waals surface area contributed by atoms with E-state index in [1.54, 1.807) is 0 Å². The summed E-state index contributed by atoms with van der Waals surface area (Å²) in [5.74, 6) is 1.56. The number of rotatable bonds is 7. The molecule has 0 aliphatic rings. The number of Topliss-reactive ketones (excluding diaryl/α,β-unsaturated/α-hetero) is 1. The zero-order valence-corrected chi connectivity index (χ0v) is 16.1. The molecule has 136 valence electrons. The van der Waals surface area contributed by atoms with E-state index < -0.39 is 0 Å². The summed E-state index contributed by atoms with van der Waals surface area (Å²) in [4.78, 5) is 12.2. The molecule has 0 N–H and O–H groups in total. The van der Waals surface area contributed by atoms with Gasteiger partial charge in [0.05, 0.1) is 6.54 Å². The molecule has 0 amide bonds. The number of ketones is 1. The first-order valence-electron chi connectivity index (χ1n) is 9.35. The maximum absolute atomic E-state index is 12.2. The molecule has 0 aliphatic heterocycles. The number of fused-ring (bicyclic) bond motifs is 1. The van der Waals surface area contributed by atoms with Gasteiger partial charge in [-0.2, -0.15) is 0 Å². The smallest absolute Gasteiger partial charge is 0.164 e. The van der Waals surface area contributed by atoms with Crippen LogP contribution in [-0.4, -0.2) is 17.0 Å². The van der Waals surface area contributed by atoms with Crippen LogP contribution in [0.1, 0.15) is 54.6 Å². The van der Waals surface area contributed by atoms with Crippen molar-refractivity contribution in [1.82, 2.24) is 4.57 Å². The minimum absolute atomic E-state index is 0.182. The highest BCUT2D eigenvalue weighted by atomic mass is 16.5. The summed E-state index contributed by atoms with van der Waals surface area (Å²) in [6.45, 7) is 9.63. The standard InChI is InChI=1S/C23H27NO2/c1-5-22(25)20-15-24(21-9-7-6-8-19(20)21)12-13-26-23-14-17(4)10-11-18(23)16(2)3/h6-11,14-16H,5,12-13H2,1-4H3. The minimum Gasteiger partial charge on any atom is -0.491 e. The highest BCUT2D eigenvalue weighted by molar-refractivity contribution is 6.07. The average molecular weight is 349 g/mol. The molecular formula is C23H27NO2. The first-order chi connectivity index (χ1) is 12.5. The number of aromatic nitrogens is 1. The van der Waals surface area contributed by atoms with Crippen LogP contribution in [0.2, 0.25) is 0 Å². The molecule has 0 atom stereocenters. The minimum atomic E-state index is 0.182. The van der Waals surface area contributed by atoms with E-state index >= 15 is 0 Å². The fourth-order valence-corrected chi connectivity index (χ4v) is 3.34. The fourth-order valence-electron chi connectivity index (χ4n) is 3.34. The predicted octanol–water partition coefficient (Wildman–Crippen LogP) is 5.74. The summed E-state index contributed by atoms with van der Waals surface area (Å²) < 4.78 is 8.25. The predicted molar refractivity (Wildman–Crippen MR) is 107 cm³/mol. The number of ether oxygens (including phenoxy) is 1. The first kappa shape index (κ1) is 18.2. The molecule has 0 spiro atoms. The molecular weight excluding hydrogens is 322 g/mol. The largest absolute Gasteiger partial charge is 0.491 e. The highest BCUT2D eigenvalue weighted by Gasteiger charge is 2.14. The Morgan fingerprint density at radius 1 is 1.15 bits per heavy atom. The second-order valence-corrected chi connectivity index (χ2v) is 7.07. The van der Waals surface area contributed by atoms with Gasteiger partial charge in [0.15, 0.2) is 5.78 Å². The second-order valence-electron chi connectivity index (χ2n) is 7.07. The van der Waals surface area contributed by atoms with Gasteiger partial charge in [-0.05, 0) is 36.1 Å². The third-order valence-corrected chi connectivity index (χ3v) is 4.79. The quantitative estimate of drug-likeness (QED) is 0.509. The Hall–Kier alpha value is -2.55. The number of carbonyl (C=O) groups is 1. The lowest BCUT2D eigenvalue weighted by molar-refractivity contribution is 0.0989. The molecule has 3 aromatic rings. The van der Waals surface area contributed by atoms with E-state index in [9.17, 15) is 4.79 Å². The lowest BCUT2D eigenvalue weighted by Gasteiger charge is -2.15. The van der Waals surface area contributed by atoms with Crippen LogP contribution >= 0.6 is 0 Å². The van der Waals surface area contributed by atoms with Crippen molar-refractivity contribution in [1.29, 1.82) is 0 Å². The zero-order valence-electron chi connectivity index (χ0n) is 16.1. The molecule has 3 heteroatoms. The van der Waals surface area contributed by atoms with Crippen molar-refractivity contribution in [2.45, 2.75) is 46.6 Å². The zero-order chi connectivity index (χ0) is 18.7. The lowest BCUT2D eigenvalue weighted by atomic mass is 10.0. The van der Waals surface area contributed by atoms with Crippen LogP contribution in [0.5, 0.6) is 5.75 Å². The van der Waals surface area contributed by atoms with Crippen LogP contribution in [0.15, 0.2) is 48.7 Å². The van der Waals surface area contributed by atoms with E-state index in [0.717, 1.165) is 22.2 Å². The number of aryl methyl sites for hydroxylation is 1. The van der Waals surface area contributed by atoms with Crippen LogP contribution in [0.4, 0.5) is 0 Å². The molecule has 0 aliphatic carbocycles. The maximum Gasteiger partial charge on any atom is 0.164 e. The molecule has 0 fully saturated rings. The number of para-hydroxylation sites is 1. The summed E-state index contributed by atoms with van der Waals surface area (Å²) in [6, 6.07) is 14.5. The third-order valence-electron chi connectivity index (χ3n) is 4.79. The van der Waals surface area contributed by atoms with Gasteiger partial charge >= 0.3 is 0 Å². The number of hydrogen-bond donors (Lipinski definition) is 0. The number of nitrogens with zero attached hydrogens (tertiary/aromatic N) is 1. The van der Waals surface area contributed by atoms with E-state index in [4.69, 9.17) is 4.74 Å². The first-order valence-corrected chi connectivity index (χ1v) is 9.35. The summed E-state index contributed by atoms with van der Waals surface area (Å²) in [6.07, 6.45) is 2.49. The van der Waals surface area contributed by atoms with Crippen molar-refractivity contribution < 1.29 is 9.53 Å². The fraction of sp³-hybridized carbons (Fsp3) is 0.348. The SMILES string of the molecule is CCC(=O)c1cn(CCOc2cc(C)ccc2C(C)C)c2ccccc12. The van der Waals surface area contributed by atoms with Crippen LogP contribution in [0.25, 0.3) is 10.9 Å². The van der Waals surface area contributed by atoms with E-state index in [2.05, 4.69) is 49.6 Å². The summed E-state index contributed by atoms with van der Waals surface area (Å²) >= 11 is 0. The third kappa shape index (κ3) is 3.67. The molecule has 26 heavy (non-hydrogen) atoms. The van der Waals surface area contributed by atoms with Gasteiger partial charge in [-0.3, -0.25) is 4.79 Å². The van der Waals surface area contributed by atoms with Crippen molar-refractivity contribution >= 4 is 16.7 Å². The van der Waals surface area contributed by atoms with Crippen molar-refractivity contribution in [3.05, 3.63) is 65.4 Å². The van der Waals surface area contributed by atoms with Crippen molar-refractivity contribution in [3.8, 4) is 5.75 Å². The van der Waals surface area contributed by atoms with Crippen LogP contribution in [0, 0.1) is 6.92 Å². The Balaban J connectivity index is 1.81. The topological polar surface area (TPSA) is 31.2 Å². The Morgan fingerprint density at radius 3 is 2.65 bits per heavy atom. The van der Waals surface area contributed by atoms with Gasteiger partial charge in [-0.15, -0.1) is 0 Å². The molecule has 0 saturated heterocycles. The molecule has 0 unspecified atom stereocenters. The molecule has 1 aromatic heterocycles. The second kappa shape index (κ2) is 7.77. The Morgan fingerprint density at radius 2 is 1.92 bits per heavy atom. The van der Waals surface area contributed by atoms with Gasteiger partial charge in [0.25, 0.3) is 0 Å². The van der Waals surface area contributed by atoms with Gasteiger partial charge < -0.3 is 9.30 Å². The van der Waals surface area contributed by atoms with Gasteiger partial charge in [0.1, 0.15) is 12.4 Å². The van der Waals surface area contributed by atoms with E-state index in [1.807, 2.05) is 31.3 Å². The summed E-state index contributed by atoms with van der Waals surface area (Å²) in [7, 11) is 0. The molecule has 0 saturated carbocycles. The number of benzene rings is 2. The van der Waals surface area contributed by atoms with E-state index in [-0.39, 0.29) is 5.78 Å². The van der Waals surface area contributed by atoms with Crippen molar-refractivity contribution in [3.63, 3.8) is 0 Å². The highest BCUT2D eigenvalue weighted by Crippen LogP contribution is 2.28. The molecule has 1 heterocycles. The van der Waals surface area contributed by atoms with Crippen LogP contribution in [-0.2, 0) is 6.54 Å². The van der Waals surface area contributed by atoms with Crippen molar-refractivity contribution in [2.75, 3.05) is 6.61 Å². The van der Waals surface area contributed by atoms with Crippen LogP contribution < -0.4 is 4.74 Å². The number of carbonyl (C=O) groups excluding carboxylic acids is 1.